The lowest BCUT2D eigenvalue weighted by Gasteiger charge is -2.07. The molecular weight excluding hydrogens is 300 g/mol. The smallest absolute Gasteiger partial charge is 0.144 e. The van der Waals surface area contributed by atoms with Gasteiger partial charge in [0, 0.05) is 17.8 Å². The van der Waals surface area contributed by atoms with Crippen molar-refractivity contribution >= 4 is 43.9 Å². The van der Waals surface area contributed by atoms with Crippen molar-refractivity contribution in [3.63, 3.8) is 0 Å². The molecule has 118 valence electrons. The maximum atomic E-state index is 6.02. The molecule has 0 atom stereocenters. The topological polar surface area (TPSA) is 66.6 Å². The van der Waals surface area contributed by atoms with Gasteiger partial charge >= 0.3 is 0 Å². The van der Waals surface area contributed by atoms with E-state index >= 15 is 0 Å². The van der Waals surface area contributed by atoms with E-state index in [-0.39, 0.29) is 0 Å². The first-order chi connectivity index (χ1) is 11.9. The highest BCUT2D eigenvalue weighted by molar-refractivity contribution is 6.24. The maximum Gasteiger partial charge on any atom is 0.144 e. The predicted molar refractivity (Wildman–Crippen MR) is 96.5 cm³/mol. The van der Waals surface area contributed by atoms with Crippen molar-refractivity contribution in [2.24, 2.45) is 0 Å². The molecule has 4 aromatic heterocycles. The van der Waals surface area contributed by atoms with E-state index in [0.29, 0.717) is 6.61 Å². The van der Waals surface area contributed by atoms with Gasteiger partial charge in [-0.1, -0.05) is 6.92 Å². The predicted octanol–water partition coefficient (Wildman–Crippen LogP) is 4.53. The monoisotopic (exact) mass is 316 g/mol. The van der Waals surface area contributed by atoms with Crippen LogP contribution in [0, 0.1) is 0 Å². The molecule has 2 N–H and O–H groups in total. The summed E-state index contributed by atoms with van der Waals surface area (Å²) in [7, 11) is 0. The van der Waals surface area contributed by atoms with Crippen molar-refractivity contribution < 1.29 is 4.74 Å². The Hall–Kier alpha value is -3.08. The van der Waals surface area contributed by atoms with E-state index in [1.54, 1.807) is 0 Å². The number of nitrogens with zero attached hydrogens (tertiary/aromatic N) is 2. The average molecular weight is 316 g/mol. The highest BCUT2D eigenvalue weighted by Crippen LogP contribution is 2.39. The summed E-state index contributed by atoms with van der Waals surface area (Å²) in [5.74, 6) is 0.851. The summed E-state index contributed by atoms with van der Waals surface area (Å²) in [6, 6.07) is 10.0. The van der Waals surface area contributed by atoms with Crippen LogP contribution in [0.1, 0.15) is 13.3 Å². The molecular formula is C19H16N4O. The zero-order valence-electron chi connectivity index (χ0n) is 13.3. The number of fused-ring (bicyclic) bond motifs is 7. The van der Waals surface area contributed by atoms with Crippen LogP contribution in [0.5, 0.6) is 5.75 Å². The maximum absolute atomic E-state index is 6.02. The fourth-order valence-corrected chi connectivity index (χ4v) is 3.36. The van der Waals surface area contributed by atoms with Gasteiger partial charge in [0.05, 0.1) is 45.1 Å². The molecule has 0 spiro atoms. The van der Waals surface area contributed by atoms with Gasteiger partial charge in [-0.05, 0) is 36.8 Å². The van der Waals surface area contributed by atoms with Crippen molar-refractivity contribution in [1.29, 1.82) is 0 Å². The number of aromatic amines is 2. The molecule has 5 nitrogen and oxygen atoms in total. The zero-order valence-corrected chi connectivity index (χ0v) is 13.3. The summed E-state index contributed by atoms with van der Waals surface area (Å²) in [6.07, 6.45) is 4.60. The van der Waals surface area contributed by atoms with Gasteiger partial charge in [0.25, 0.3) is 0 Å². The number of ether oxygens (including phenoxy) is 1. The molecule has 4 heterocycles. The molecule has 0 aliphatic rings. The Bertz CT molecular complexity index is 1200. The van der Waals surface area contributed by atoms with E-state index in [0.717, 1.165) is 56.0 Å². The number of benzene rings is 1. The molecule has 24 heavy (non-hydrogen) atoms. The van der Waals surface area contributed by atoms with Crippen LogP contribution in [-0.4, -0.2) is 26.5 Å². The van der Waals surface area contributed by atoms with Crippen LogP contribution >= 0.6 is 0 Å². The lowest BCUT2D eigenvalue weighted by atomic mass is 10.1. The number of nitrogens with one attached hydrogen (secondary N) is 2. The largest absolute Gasteiger partial charge is 0.491 e. The molecule has 0 aliphatic carbocycles. The summed E-state index contributed by atoms with van der Waals surface area (Å²) in [5, 5.41) is 2.13. The highest BCUT2D eigenvalue weighted by atomic mass is 16.5. The quantitative estimate of drug-likeness (QED) is 0.514. The first-order valence-corrected chi connectivity index (χ1v) is 8.15. The molecule has 0 saturated carbocycles. The number of hydrogen-bond acceptors (Lipinski definition) is 3. The number of aromatic nitrogens is 4. The Morgan fingerprint density at radius 1 is 0.958 bits per heavy atom. The van der Waals surface area contributed by atoms with Crippen molar-refractivity contribution in [3.05, 3.63) is 42.7 Å². The first kappa shape index (κ1) is 13.4. The van der Waals surface area contributed by atoms with Crippen LogP contribution in [0.3, 0.4) is 0 Å². The van der Waals surface area contributed by atoms with Crippen molar-refractivity contribution in [2.45, 2.75) is 13.3 Å². The summed E-state index contributed by atoms with van der Waals surface area (Å²) in [4.78, 5) is 16.1. The van der Waals surface area contributed by atoms with E-state index < -0.39 is 0 Å². The van der Waals surface area contributed by atoms with Gasteiger partial charge in [-0.3, -0.25) is 9.97 Å². The van der Waals surface area contributed by atoms with E-state index in [9.17, 15) is 0 Å². The Kier molecular flexibility index (Phi) is 2.76. The molecule has 0 saturated heterocycles. The van der Waals surface area contributed by atoms with Gasteiger partial charge < -0.3 is 14.7 Å². The average Bonchev–Trinajstić information content (AvgIpc) is 3.18. The Morgan fingerprint density at radius 2 is 1.67 bits per heavy atom. The molecule has 0 aliphatic heterocycles. The molecule has 0 bridgehead atoms. The van der Waals surface area contributed by atoms with Crippen molar-refractivity contribution in [2.75, 3.05) is 6.61 Å². The summed E-state index contributed by atoms with van der Waals surface area (Å²) < 4.78 is 6.02. The third-order valence-corrected chi connectivity index (χ3v) is 4.38. The molecule has 0 radical (unpaired) electrons. The summed E-state index contributed by atoms with van der Waals surface area (Å²) >= 11 is 0. The van der Waals surface area contributed by atoms with Crippen molar-refractivity contribution in [3.8, 4) is 5.75 Å². The van der Waals surface area contributed by atoms with Crippen molar-refractivity contribution in [1.82, 2.24) is 19.9 Å². The minimum absolute atomic E-state index is 0.680. The van der Waals surface area contributed by atoms with Gasteiger partial charge in [0.1, 0.15) is 5.75 Å². The van der Waals surface area contributed by atoms with Crippen LogP contribution in [0.15, 0.2) is 42.7 Å². The molecule has 1 aromatic carbocycles. The zero-order chi connectivity index (χ0) is 16.1. The van der Waals surface area contributed by atoms with E-state index in [2.05, 4.69) is 32.9 Å². The summed E-state index contributed by atoms with van der Waals surface area (Å²) in [6.45, 7) is 2.79. The second kappa shape index (κ2) is 4.96. The third kappa shape index (κ3) is 1.75. The number of H-pyrrole nitrogens is 2. The van der Waals surface area contributed by atoms with Crippen LogP contribution < -0.4 is 4.74 Å². The molecule has 0 amide bonds. The highest BCUT2D eigenvalue weighted by Gasteiger charge is 2.17. The van der Waals surface area contributed by atoms with Gasteiger partial charge in [-0.25, -0.2) is 0 Å². The van der Waals surface area contributed by atoms with Crippen LogP contribution in [0.25, 0.3) is 43.9 Å². The second-order valence-corrected chi connectivity index (χ2v) is 5.94. The third-order valence-electron chi connectivity index (χ3n) is 4.38. The van der Waals surface area contributed by atoms with E-state index in [1.165, 1.54) is 0 Å². The number of pyridine rings is 2. The van der Waals surface area contributed by atoms with Crippen LogP contribution in [-0.2, 0) is 0 Å². The Labute approximate surface area is 137 Å². The minimum atomic E-state index is 0.680. The Morgan fingerprint density at radius 3 is 2.46 bits per heavy atom. The van der Waals surface area contributed by atoms with Crippen LogP contribution in [0.2, 0.25) is 0 Å². The van der Waals surface area contributed by atoms with E-state index in [4.69, 9.17) is 4.74 Å². The number of rotatable bonds is 3. The SMILES string of the molecule is CCCOc1cc2c3ncccc3[nH]c2c2c1[nH]c1cccnc12. The fourth-order valence-electron chi connectivity index (χ4n) is 3.36. The van der Waals surface area contributed by atoms with Gasteiger partial charge in [0.15, 0.2) is 0 Å². The number of hydrogen-bond donors (Lipinski definition) is 2. The first-order valence-electron chi connectivity index (χ1n) is 8.15. The van der Waals surface area contributed by atoms with Gasteiger partial charge in [-0.2, -0.15) is 0 Å². The second-order valence-electron chi connectivity index (χ2n) is 5.94. The lowest BCUT2D eigenvalue weighted by molar-refractivity contribution is 0.321. The molecule has 0 unspecified atom stereocenters. The minimum Gasteiger partial charge on any atom is -0.491 e. The summed E-state index contributed by atoms with van der Waals surface area (Å²) in [5.41, 5.74) is 5.97. The van der Waals surface area contributed by atoms with E-state index in [1.807, 2.05) is 36.7 Å². The van der Waals surface area contributed by atoms with Gasteiger partial charge in [0.2, 0.25) is 0 Å². The Balaban J connectivity index is 2.00. The fraction of sp³-hybridized carbons (Fsp3) is 0.158. The standard InChI is InChI=1S/C19H16N4O/c1-2-9-24-14-10-11-16-12(5-3-7-20-16)22-17(11)15-18-13(23-19(14)15)6-4-8-21-18/h3-8,10,22-23H,2,9H2,1H3. The molecule has 5 heteroatoms. The lowest BCUT2D eigenvalue weighted by Crippen LogP contribution is -1.95. The molecule has 5 aromatic rings. The molecule has 0 fully saturated rings. The van der Waals surface area contributed by atoms with Gasteiger partial charge in [-0.15, -0.1) is 0 Å². The van der Waals surface area contributed by atoms with Crippen LogP contribution in [0.4, 0.5) is 0 Å². The molecule has 5 rings (SSSR count). The normalized spacial score (nSPS) is 11.9.